The molecule has 1 aromatic carbocycles. The number of nitrogens with zero attached hydrogens (tertiary/aromatic N) is 1. The Hall–Kier alpha value is -1.08. The normalized spacial score (nSPS) is 12.2. The topological polar surface area (TPSA) is 20.7 Å². The number of nitrogens with one attached hydrogen (secondary N) is 1. The van der Waals surface area contributed by atoms with Crippen molar-refractivity contribution < 1.29 is 13.2 Å². The molecule has 0 aliphatic rings. The van der Waals surface area contributed by atoms with Gasteiger partial charge in [-0.3, -0.25) is 4.57 Å². The lowest BCUT2D eigenvalue weighted by Crippen LogP contribution is -2.08. The van der Waals surface area contributed by atoms with E-state index in [0.717, 1.165) is 17.8 Å². The van der Waals surface area contributed by atoms with E-state index >= 15 is 0 Å². The van der Waals surface area contributed by atoms with Gasteiger partial charge in [0, 0.05) is 16.4 Å². The number of benzene rings is 1. The maximum absolute atomic E-state index is 12.8. The molecule has 1 heterocycles. The summed E-state index contributed by atoms with van der Waals surface area (Å²) in [6.07, 6.45) is -2.66. The zero-order chi connectivity index (χ0) is 15.1. The van der Waals surface area contributed by atoms with Crippen molar-refractivity contribution in [3.8, 4) is 5.69 Å². The van der Waals surface area contributed by atoms with Crippen LogP contribution < -0.4 is 0 Å². The van der Waals surface area contributed by atoms with Crippen molar-refractivity contribution in [3.05, 3.63) is 44.9 Å². The van der Waals surface area contributed by atoms with Gasteiger partial charge in [-0.2, -0.15) is 13.2 Å². The highest BCUT2D eigenvalue weighted by Crippen LogP contribution is 2.34. The fourth-order valence-electron chi connectivity index (χ4n) is 1.92. The highest BCUT2D eigenvalue weighted by molar-refractivity contribution is 9.10. The van der Waals surface area contributed by atoms with E-state index in [1.54, 1.807) is 10.8 Å². The van der Waals surface area contributed by atoms with Crippen LogP contribution in [0, 0.1) is 4.77 Å². The SMILES string of the molecule is CC(C)c1c[nH]c(=S)n1-c1cc(C(F)(F)F)ccc1Br. The number of hydrogen-bond acceptors (Lipinski definition) is 1. The summed E-state index contributed by atoms with van der Waals surface area (Å²) in [7, 11) is 0. The van der Waals surface area contributed by atoms with Crippen LogP contribution in [0.4, 0.5) is 13.2 Å². The molecule has 0 radical (unpaired) electrons. The Morgan fingerprint density at radius 1 is 1.30 bits per heavy atom. The van der Waals surface area contributed by atoms with E-state index in [1.165, 1.54) is 6.07 Å². The Kier molecular flexibility index (Phi) is 4.11. The highest BCUT2D eigenvalue weighted by Gasteiger charge is 2.31. The van der Waals surface area contributed by atoms with Gasteiger partial charge in [-0.25, -0.2) is 0 Å². The van der Waals surface area contributed by atoms with Crippen LogP contribution in [-0.2, 0) is 6.18 Å². The molecule has 1 N–H and O–H groups in total. The number of alkyl halides is 3. The number of imidazole rings is 1. The summed E-state index contributed by atoms with van der Waals surface area (Å²) in [6.45, 7) is 3.91. The van der Waals surface area contributed by atoms with Crippen molar-refractivity contribution in [3.63, 3.8) is 0 Å². The predicted octanol–water partition coefficient (Wildman–Crippen LogP) is 5.44. The van der Waals surface area contributed by atoms with Gasteiger partial charge in [0.15, 0.2) is 4.77 Å². The standard InChI is InChI=1S/C13H12BrF3N2S/c1-7(2)11-6-18-12(20)19(11)10-5-8(13(15,16)17)3-4-9(10)14/h3-7H,1-2H3,(H,18,20). The molecule has 2 rings (SSSR count). The molecule has 0 saturated carbocycles. The summed E-state index contributed by atoms with van der Waals surface area (Å²) in [5.41, 5.74) is 0.512. The monoisotopic (exact) mass is 364 g/mol. The van der Waals surface area contributed by atoms with Gasteiger partial charge < -0.3 is 4.98 Å². The Morgan fingerprint density at radius 2 is 1.95 bits per heavy atom. The smallest absolute Gasteiger partial charge is 0.337 e. The Labute approximate surface area is 127 Å². The molecule has 0 atom stereocenters. The van der Waals surface area contributed by atoms with Crippen molar-refractivity contribution in [1.29, 1.82) is 0 Å². The van der Waals surface area contributed by atoms with Crippen LogP contribution >= 0.6 is 28.1 Å². The van der Waals surface area contributed by atoms with Gasteiger partial charge in [-0.15, -0.1) is 0 Å². The number of aromatic amines is 1. The van der Waals surface area contributed by atoms with Crippen molar-refractivity contribution >= 4 is 28.1 Å². The van der Waals surface area contributed by atoms with Gasteiger partial charge in [0.1, 0.15) is 0 Å². The van der Waals surface area contributed by atoms with Gasteiger partial charge in [-0.05, 0) is 52.3 Å². The molecule has 0 aliphatic carbocycles. The summed E-state index contributed by atoms with van der Waals surface area (Å²) in [6, 6.07) is 3.52. The highest BCUT2D eigenvalue weighted by atomic mass is 79.9. The lowest BCUT2D eigenvalue weighted by Gasteiger charge is -2.15. The molecule has 0 unspecified atom stereocenters. The predicted molar refractivity (Wildman–Crippen MR) is 77.7 cm³/mol. The molecule has 0 aliphatic heterocycles. The molecule has 2 aromatic rings. The molecule has 0 bridgehead atoms. The van der Waals surface area contributed by atoms with Crippen LogP contribution in [0.15, 0.2) is 28.9 Å². The molecule has 20 heavy (non-hydrogen) atoms. The minimum atomic E-state index is -4.38. The molecule has 2 nitrogen and oxygen atoms in total. The van der Waals surface area contributed by atoms with Gasteiger partial charge in [-0.1, -0.05) is 13.8 Å². The van der Waals surface area contributed by atoms with Crippen LogP contribution in [0.5, 0.6) is 0 Å². The third kappa shape index (κ3) is 2.83. The molecule has 0 saturated heterocycles. The quantitative estimate of drug-likeness (QED) is 0.703. The van der Waals surface area contributed by atoms with Crippen molar-refractivity contribution in [2.45, 2.75) is 25.9 Å². The zero-order valence-electron chi connectivity index (χ0n) is 10.8. The molecular formula is C13H12BrF3N2S. The maximum Gasteiger partial charge on any atom is 0.416 e. The van der Waals surface area contributed by atoms with Crippen molar-refractivity contribution in [2.24, 2.45) is 0 Å². The third-order valence-electron chi connectivity index (χ3n) is 2.91. The van der Waals surface area contributed by atoms with Crippen molar-refractivity contribution in [2.75, 3.05) is 0 Å². The summed E-state index contributed by atoms with van der Waals surface area (Å²) < 4.78 is 41.1. The van der Waals surface area contributed by atoms with Crippen LogP contribution in [0.25, 0.3) is 5.69 Å². The van der Waals surface area contributed by atoms with E-state index in [-0.39, 0.29) is 5.92 Å². The molecule has 7 heteroatoms. The summed E-state index contributed by atoms with van der Waals surface area (Å²) >= 11 is 8.46. The summed E-state index contributed by atoms with van der Waals surface area (Å²) in [4.78, 5) is 2.88. The van der Waals surface area contributed by atoms with Crippen molar-refractivity contribution in [1.82, 2.24) is 9.55 Å². The van der Waals surface area contributed by atoms with Gasteiger partial charge in [0.25, 0.3) is 0 Å². The van der Waals surface area contributed by atoms with Crippen LogP contribution in [0.3, 0.4) is 0 Å². The number of H-pyrrole nitrogens is 1. The van der Waals surface area contributed by atoms with Gasteiger partial charge >= 0.3 is 6.18 Å². The second-order valence-electron chi connectivity index (χ2n) is 4.67. The van der Waals surface area contributed by atoms with Crippen LogP contribution in [-0.4, -0.2) is 9.55 Å². The molecule has 0 fully saturated rings. The first-order chi connectivity index (χ1) is 9.21. The third-order valence-corrected chi connectivity index (χ3v) is 3.88. The maximum atomic E-state index is 12.8. The number of rotatable bonds is 2. The van der Waals surface area contributed by atoms with E-state index in [9.17, 15) is 13.2 Å². The summed E-state index contributed by atoms with van der Waals surface area (Å²) in [5.74, 6) is 0.129. The van der Waals surface area contributed by atoms with Crippen LogP contribution in [0.2, 0.25) is 0 Å². The van der Waals surface area contributed by atoms with Gasteiger partial charge in [0.05, 0.1) is 11.3 Å². The minimum Gasteiger partial charge on any atom is -0.337 e. The number of hydrogen-bond donors (Lipinski definition) is 1. The molecule has 0 amide bonds. The van der Waals surface area contributed by atoms with E-state index in [4.69, 9.17) is 12.2 Å². The molecule has 108 valence electrons. The lowest BCUT2D eigenvalue weighted by atomic mass is 10.1. The summed E-state index contributed by atoms with van der Waals surface area (Å²) in [5, 5.41) is 0. The fourth-order valence-corrected chi connectivity index (χ4v) is 2.60. The van der Waals surface area contributed by atoms with Gasteiger partial charge in [0.2, 0.25) is 0 Å². The molecule has 1 aromatic heterocycles. The first-order valence-electron chi connectivity index (χ1n) is 5.89. The van der Waals surface area contributed by atoms with E-state index < -0.39 is 11.7 Å². The average Bonchev–Trinajstić information content (AvgIpc) is 2.70. The second kappa shape index (κ2) is 5.37. The first-order valence-corrected chi connectivity index (χ1v) is 7.09. The Morgan fingerprint density at radius 3 is 2.50 bits per heavy atom. The first kappa shape index (κ1) is 15.3. The number of halogens is 4. The zero-order valence-corrected chi connectivity index (χ0v) is 13.2. The van der Waals surface area contributed by atoms with E-state index in [1.807, 2.05) is 13.8 Å². The van der Waals surface area contributed by atoms with E-state index in [2.05, 4.69) is 20.9 Å². The largest absolute Gasteiger partial charge is 0.416 e. The molecular weight excluding hydrogens is 353 g/mol. The lowest BCUT2D eigenvalue weighted by molar-refractivity contribution is -0.137. The molecule has 0 spiro atoms. The van der Waals surface area contributed by atoms with E-state index in [0.29, 0.717) is 14.9 Å². The minimum absolute atomic E-state index is 0.129. The fraction of sp³-hybridized carbons (Fsp3) is 0.308. The van der Waals surface area contributed by atoms with Crippen LogP contribution in [0.1, 0.15) is 31.0 Å². The average molecular weight is 365 g/mol. The second-order valence-corrected chi connectivity index (χ2v) is 5.91. The Balaban J connectivity index is 2.70. The number of aromatic nitrogens is 2. The Bertz CT molecular complexity index is 686.